The van der Waals surface area contributed by atoms with Gasteiger partial charge >= 0.3 is 0 Å². The molecule has 5 nitrogen and oxygen atoms in total. The van der Waals surface area contributed by atoms with Gasteiger partial charge in [0, 0.05) is 11.9 Å². The number of hydrogen-bond acceptors (Lipinski definition) is 5. The fourth-order valence-electron chi connectivity index (χ4n) is 3.15. The monoisotopic (exact) mass is 373 g/mol. The summed E-state index contributed by atoms with van der Waals surface area (Å²) >= 11 is 1.47. The van der Waals surface area contributed by atoms with Crippen molar-refractivity contribution in [2.75, 3.05) is 25.0 Å². The molecule has 2 heterocycles. The van der Waals surface area contributed by atoms with Crippen molar-refractivity contribution in [1.82, 2.24) is 9.88 Å². The number of nitrogens with one attached hydrogen (secondary N) is 1. The third kappa shape index (κ3) is 5.29. The standard InChI is InChI=1S/C20H27N3O2S/c1-14-6-8-23(9-7-14)11-17-13-26-20(21-17)22-19(24)12-25-18-5-4-15(2)10-16(18)3/h4-5,10,13-14H,6-9,11-12H2,1-3H3,(H,21,22,24). The highest BCUT2D eigenvalue weighted by Gasteiger charge is 2.17. The first kappa shape index (κ1) is 18.9. The fraction of sp³-hybridized carbons (Fsp3) is 0.500. The Morgan fingerprint density at radius 2 is 2.12 bits per heavy atom. The van der Waals surface area contributed by atoms with Gasteiger partial charge in [0.15, 0.2) is 11.7 Å². The molecule has 1 fully saturated rings. The molecule has 0 aliphatic carbocycles. The predicted octanol–water partition coefficient (Wildman–Crippen LogP) is 4.01. The maximum Gasteiger partial charge on any atom is 0.264 e. The molecule has 1 aromatic heterocycles. The smallest absolute Gasteiger partial charge is 0.264 e. The van der Waals surface area contributed by atoms with Crippen molar-refractivity contribution in [3.63, 3.8) is 0 Å². The number of piperidine rings is 1. The number of hydrogen-bond donors (Lipinski definition) is 1. The van der Waals surface area contributed by atoms with Gasteiger partial charge in [0.1, 0.15) is 5.75 Å². The van der Waals surface area contributed by atoms with Gasteiger partial charge in [-0.15, -0.1) is 11.3 Å². The van der Waals surface area contributed by atoms with Crippen LogP contribution in [0, 0.1) is 19.8 Å². The minimum absolute atomic E-state index is 0.0111. The summed E-state index contributed by atoms with van der Waals surface area (Å²) in [5.41, 5.74) is 3.23. The van der Waals surface area contributed by atoms with Crippen molar-refractivity contribution in [2.24, 2.45) is 5.92 Å². The molecule has 3 rings (SSSR count). The van der Waals surface area contributed by atoms with E-state index in [-0.39, 0.29) is 12.5 Å². The number of carbonyl (C=O) groups excluding carboxylic acids is 1. The number of benzene rings is 1. The third-order valence-electron chi connectivity index (χ3n) is 4.75. The molecule has 1 aromatic carbocycles. The van der Waals surface area contributed by atoms with Crippen LogP contribution in [0.25, 0.3) is 0 Å². The molecule has 0 saturated carbocycles. The summed E-state index contributed by atoms with van der Waals surface area (Å²) in [6, 6.07) is 5.93. The molecular weight excluding hydrogens is 346 g/mol. The highest BCUT2D eigenvalue weighted by atomic mass is 32.1. The lowest BCUT2D eigenvalue weighted by Crippen LogP contribution is -2.32. The Hall–Kier alpha value is -1.92. The quantitative estimate of drug-likeness (QED) is 0.831. The minimum Gasteiger partial charge on any atom is -0.483 e. The first-order valence-corrected chi connectivity index (χ1v) is 10.0. The topological polar surface area (TPSA) is 54.5 Å². The van der Waals surface area contributed by atoms with E-state index in [9.17, 15) is 4.79 Å². The molecular formula is C20H27N3O2S. The number of amides is 1. The second-order valence-corrected chi connectivity index (χ2v) is 8.07. The number of nitrogens with zero attached hydrogens (tertiary/aromatic N) is 2. The highest BCUT2D eigenvalue weighted by molar-refractivity contribution is 7.13. The number of aryl methyl sites for hydroxylation is 2. The van der Waals surface area contributed by atoms with Crippen LogP contribution in [0.5, 0.6) is 5.75 Å². The van der Waals surface area contributed by atoms with E-state index in [2.05, 4.69) is 22.1 Å². The number of aromatic nitrogens is 1. The third-order valence-corrected chi connectivity index (χ3v) is 5.56. The van der Waals surface area contributed by atoms with E-state index in [0.717, 1.165) is 42.6 Å². The zero-order valence-corrected chi connectivity index (χ0v) is 16.6. The predicted molar refractivity (Wildman–Crippen MR) is 106 cm³/mol. The lowest BCUT2D eigenvalue weighted by molar-refractivity contribution is -0.118. The van der Waals surface area contributed by atoms with Gasteiger partial charge in [0.2, 0.25) is 0 Å². The molecule has 140 valence electrons. The molecule has 1 aliphatic heterocycles. The van der Waals surface area contributed by atoms with E-state index in [1.807, 2.05) is 37.4 Å². The number of rotatable bonds is 6. The Kier molecular flexibility index (Phi) is 6.27. The van der Waals surface area contributed by atoms with Crippen molar-refractivity contribution >= 4 is 22.4 Å². The van der Waals surface area contributed by atoms with E-state index in [0.29, 0.717) is 5.13 Å². The lowest BCUT2D eigenvalue weighted by Gasteiger charge is -2.29. The van der Waals surface area contributed by atoms with Crippen LogP contribution in [0.3, 0.4) is 0 Å². The van der Waals surface area contributed by atoms with Crippen LogP contribution >= 0.6 is 11.3 Å². The van der Waals surface area contributed by atoms with Crippen molar-refractivity contribution < 1.29 is 9.53 Å². The van der Waals surface area contributed by atoms with Gasteiger partial charge in [-0.05, 0) is 57.3 Å². The van der Waals surface area contributed by atoms with E-state index in [4.69, 9.17) is 4.74 Å². The van der Waals surface area contributed by atoms with Crippen LogP contribution in [0.2, 0.25) is 0 Å². The van der Waals surface area contributed by atoms with E-state index >= 15 is 0 Å². The van der Waals surface area contributed by atoms with Crippen molar-refractivity contribution in [1.29, 1.82) is 0 Å². The van der Waals surface area contributed by atoms with Gasteiger partial charge in [0.05, 0.1) is 5.69 Å². The summed E-state index contributed by atoms with van der Waals surface area (Å²) in [7, 11) is 0. The zero-order chi connectivity index (χ0) is 18.5. The number of anilines is 1. The van der Waals surface area contributed by atoms with Crippen LogP contribution < -0.4 is 10.1 Å². The molecule has 1 saturated heterocycles. The average Bonchev–Trinajstić information content (AvgIpc) is 3.03. The Balaban J connectivity index is 1.46. The molecule has 0 bridgehead atoms. The number of carbonyl (C=O) groups is 1. The van der Waals surface area contributed by atoms with E-state index in [1.54, 1.807) is 0 Å². The first-order chi connectivity index (χ1) is 12.5. The molecule has 0 atom stereocenters. The maximum atomic E-state index is 12.1. The van der Waals surface area contributed by atoms with Crippen LogP contribution in [-0.4, -0.2) is 35.5 Å². The second-order valence-electron chi connectivity index (χ2n) is 7.21. The molecule has 0 radical (unpaired) electrons. The largest absolute Gasteiger partial charge is 0.483 e. The van der Waals surface area contributed by atoms with Gasteiger partial charge in [-0.2, -0.15) is 0 Å². The van der Waals surface area contributed by atoms with E-state index < -0.39 is 0 Å². The Morgan fingerprint density at radius 3 is 2.85 bits per heavy atom. The summed E-state index contributed by atoms with van der Waals surface area (Å²) in [4.78, 5) is 19.1. The number of thiazole rings is 1. The highest BCUT2D eigenvalue weighted by Crippen LogP contribution is 2.21. The van der Waals surface area contributed by atoms with Crippen LogP contribution in [-0.2, 0) is 11.3 Å². The molecule has 1 aliphatic rings. The molecule has 1 amide bonds. The van der Waals surface area contributed by atoms with Crippen LogP contribution in [0.1, 0.15) is 36.6 Å². The van der Waals surface area contributed by atoms with Crippen LogP contribution in [0.15, 0.2) is 23.6 Å². The normalized spacial score (nSPS) is 15.8. The summed E-state index contributed by atoms with van der Waals surface area (Å²) in [6.45, 7) is 9.44. The SMILES string of the molecule is Cc1ccc(OCC(=O)Nc2nc(CN3CCC(C)CC3)cs2)c(C)c1. The lowest BCUT2D eigenvalue weighted by atomic mass is 9.99. The summed E-state index contributed by atoms with van der Waals surface area (Å²) in [6.07, 6.45) is 2.51. The van der Waals surface area contributed by atoms with Crippen LogP contribution in [0.4, 0.5) is 5.13 Å². The van der Waals surface area contributed by atoms with E-state index in [1.165, 1.54) is 29.7 Å². The van der Waals surface area contributed by atoms with Crippen molar-refractivity contribution in [2.45, 2.75) is 40.2 Å². The number of likely N-dealkylation sites (tertiary alicyclic amines) is 1. The zero-order valence-electron chi connectivity index (χ0n) is 15.7. The molecule has 1 N–H and O–H groups in total. The first-order valence-electron chi connectivity index (χ1n) is 9.16. The average molecular weight is 374 g/mol. The summed E-state index contributed by atoms with van der Waals surface area (Å²) in [5.74, 6) is 1.39. The fourth-order valence-corrected chi connectivity index (χ4v) is 3.86. The maximum absolute atomic E-state index is 12.1. The second kappa shape index (κ2) is 8.64. The minimum atomic E-state index is -0.183. The Labute approximate surface area is 159 Å². The van der Waals surface area contributed by atoms with Gasteiger partial charge in [0.25, 0.3) is 5.91 Å². The molecule has 0 unspecified atom stereocenters. The number of ether oxygens (including phenoxy) is 1. The molecule has 26 heavy (non-hydrogen) atoms. The van der Waals surface area contributed by atoms with Crippen molar-refractivity contribution in [3.8, 4) is 5.75 Å². The Bertz CT molecular complexity index is 751. The van der Waals surface area contributed by atoms with Gasteiger partial charge < -0.3 is 4.74 Å². The van der Waals surface area contributed by atoms with Gasteiger partial charge in [-0.1, -0.05) is 24.6 Å². The van der Waals surface area contributed by atoms with Gasteiger partial charge in [-0.3, -0.25) is 15.0 Å². The summed E-state index contributed by atoms with van der Waals surface area (Å²) in [5, 5.41) is 5.50. The summed E-state index contributed by atoms with van der Waals surface area (Å²) < 4.78 is 5.62. The van der Waals surface area contributed by atoms with Gasteiger partial charge in [-0.25, -0.2) is 4.98 Å². The molecule has 6 heteroatoms. The molecule has 0 spiro atoms. The Morgan fingerprint density at radius 1 is 1.35 bits per heavy atom. The molecule has 2 aromatic rings. The van der Waals surface area contributed by atoms with Crippen molar-refractivity contribution in [3.05, 3.63) is 40.4 Å².